The smallest absolute Gasteiger partial charge is 0.234 e. The summed E-state index contributed by atoms with van der Waals surface area (Å²) < 4.78 is 0. The van der Waals surface area contributed by atoms with Crippen LogP contribution in [0.15, 0.2) is 29.7 Å². The van der Waals surface area contributed by atoms with E-state index in [9.17, 15) is 4.79 Å². The Morgan fingerprint density at radius 1 is 1.35 bits per heavy atom. The number of thioether (sulfide) groups is 1. The van der Waals surface area contributed by atoms with Crippen LogP contribution < -0.4 is 11.1 Å². The number of nitrogens with two attached hydrogens (primary N) is 1. The van der Waals surface area contributed by atoms with E-state index in [0.717, 1.165) is 16.8 Å². The zero-order valence-corrected chi connectivity index (χ0v) is 13.6. The standard InChI is InChI=1S/C15H16N6OS/c1-8-3-4-9(2)10(5-8)19-11(22)6-23-15-20-12-13(16)17-7-18-14(12)21-15/h3-5,7H,6H2,1-2H3,(H,19,22)(H3,16,17,18,20,21). The van der Waals surface area contributed by atoms with E-state index < -0.39 is 0 Å². The summed E-state index contributed by atoms with van der Waals surface area (Å²) in [7, 11) is 0. The number of nitrogens with one attached hydrogen (secondary N) is 2. The number of aromatic amines is 1. The number of fused-ring (bicyclic) bond motifs is 1. The van der Waals surface area contributed by atoms with Gasteiger partial charge in [0.25, 0.3) is 0 Å². The monoisotopic (exact) mass is 328 g/mol. The number of nitrogen functional groups attached to an aromatic ring is 1. The summed E-state index contributed by atoms with van der Waals surface area (Å²) in [5.74, 6) is 0.484. The fraction of sp³-hybridized carbons (Fsp3) is 0.200. The van der Waals surface area contributed by atoms with Gasteiger partial charge in [-0.3, -0.25) is 4.79 Å². The fourth-order valence-electron chi connectivity index (χ4n) is 2.08. The lowest BCUT2D eigenvalue weighted by atomic mass is 10.1. The van der Waals surface area contributed by atoms with Crippen molar-refractivity contribution < 1.29 is 4.79 Å². The molecule has 1 amide bonds. The molecule has 0 radical (unpaired) electrons. The average molecular weight is 328 g/mol. The molecular weight excluding hydrogens is 312 g/mol. The first-order valence-corrected chi connectivity index (χ1v) is 7.97. The van der Waals surface area contributed by atoms with Crippen LogP contribution in [0.2, 0.25) is 0 Å². The van der Waals surface area contributed by atoms with Crippen LogP contribution in [0.4, 0.5) is 11.5 Å². The van der Waals surface area contributed by atoms with Crippen LogP contribution in [0.3, 0.4) is 0 Å². The number of hydrogen-bond acceptors (Lipinski definition) is 6. The number of amides is 1. The molecular formula is C15H16N6OS. The molecule has 3 rings (SSSR count). The highest BCUT2D eigenvalue weighted by molar-refractivity contribution is 7.99. The molecule has 0 spiro atoms. The number of aryl methyl sites for hydroxylation is 2. The van der Waals surface area contributed by atoms with Crippen LogP contribution in [0.1, 0.15) is 11.1 Å². The Labute approximate surface area is 137 Å². The molecule has 8 heteroatoms. The number of benzene rings is 1. The molecule has 3 aromatic rings. The summed E-state index contributed by atoms with van der Waals surface area (Å²) in [6.45, 7) is 3.95. The lowest BCUT2D eigenvalue weighted by Crippen LogP contribution is -2.15. The normalized spacial score (nSPS) is 10.9. The molecule has 118 valence electrons. The molecule has 0 aliphatic rings. The maximum Gasteiger partial charge on any atom is 0.234 e. The van der Waals surface area contributed by atoms with Gasteiger partial charge in [0.1, 0.15) is 11.8 Å². The molecule has 0 unspecified atom stereocenters. The third kappa shape index (κ3) is 3.42. The maximum absolute atomic E-state index is 12.1. The summed E-state index contributed by atoms with van der Waals surface area (Å²) in [5, 5.41) is 3.50. The van der Waals surface area contributed by atoms with Crippen molar-refractivity contribution in [3.63, 3.8) is 0 Å². The number of carbonyl (C=O) groups is 1. The largest absolute Gasteiger partial charge is 0.382 e. The van der Waals surface area contributed by atoms with E-state index in [2.05, 4.69) is 25.3 Å². The van der Waals surface area contributed by atoms with E-state index in [-0.39, 0.29) is 11.7 Å². The maximum atomic E-state index is 12.1. The number of rotatable bonds is 4. The molecule has 0 fully saturated rings. The van der Waals surface area contributed by atoms with Crippen molar-refractivity contribution >= 4 is 40.3 Å². The molecule has 7 nitrogen and oxygen atoms in total. The van der Waals surface area contributed by atoms with Gasteiger partial charge in [0.15, 0.2) is 16.6 Å². The number of nitrogens with zero attached hydrogens (tertiary/aromatic N) is 3. The van der Waals surface area contributed by atoms with Crippen LogP contribution in [0.5, 0.6) is 0 Å². The SMILES string of the molecule is Cc1ccc(C)c(NC(=O)CSc2nc3ncnc(N)c3[nH]2)c1. The molecule has 4 N–H and O–H groups in total. The molecule has 0 saturated heterocycles. The minimum atomic E-state index is -0.0942. The van der Waals surface area contributed by atoms with Crippen LogP contribution >= 0.6 is 11.8 Å². The Bertz CT molecular complexity index is 876. The molecule has 2 heterocycles. The predicted octanol–water partition coefficient (Wildman–Crippen LogP) is 2.28. The highest BCUT2D eigenvalue weighted by Crippen LogP contribution is 2.21. The predicted molar refractivity (Wildman–Crippen MR) is 91.4 cm³/mol. The second-order valence-electron chi connectivity index (χ2n) is 5.15. The van der Waals surface area contributed by atoms with Gasteiger partial charge < -0.3 is 16.0 Å². The van der Waals surface area contributed by atoms with Crippen molar-refractivity contribution in [2.45, 2.75) is 19.0 Å². The van der Waals surface area contributed by atoms with E-state index in [4.69, 9.17) is 5.73 Å². The van der Waals surface area contributed by atoms with E-state index in [0.29, 0.717) is 22.1 Å². The number of hydrogen-bond donors (Lipinski definition) is 3. The third-order valence-corrected chi connectivity index (χ3v) is 4.18. The van der Waals surface area contributed by atoms with Crippen molar-refractivity contribution in [2.75, 3.05) is 16.8 Å². The zero-order chi connectivity index (χ0) is 16.4. The molecule has 2 aromatic heterocycles. The summed E-state index contributed by atoms with van der Waals surface area (Å²) in [5.41, 5.74) is 9.79. The second kappa shape index (κ2) is 6.25. The van der Waals surface area contributed by atoms with E-state index in [1.54, 1.807) is 0 Å². The second-order valence-corrected chi connectivity index (χ2v) is 6.12. The van der Waals surface area contributed by atoms with E-state index in [1.807, 2.05) is 32.0 Å². The van der Waals surface area contributed by atoms with Crippen LogP contribution in [0.25, 0.3) is 11.2 Å². The fourth-order valence-corrected chi connectivity index (χ4v) is 2.75. The highest BCUT2D eigenvalue weighted by Gasteiger charge is 2.11. The van der Waals surface area contributed by atoms with Crippen LogP contribution in [0, 0.1) is 13.8 Å². The van der Waals surface area contributed by atoms with Gasteiger partial charge in [0.2, 0.25) is 5.91 Å². The Morgan fingerprint density at radius 3 is 2.96 bits per heavy atom. The molecule has 0 atom stereocenters. The van der Waals surface area contributed by atoms with Crippen molar-refractivity contribution in [2.24, 2.45) is 0 Å². The number of carbonyl (C=O) groups excluding carboxylic acids is 1. The van der Waals surface area contributed by atoms with E-state index in [1.165, 1.54) is 18.1 Å². The summed E-state index contributed by atoms with van der Waals surface area (Å²) in [6, 6.07) is 5.95. The number of H-pyrrole nitrogens is 1. The molecule has 1 aromatic carbocycles. The van der Waals surface area contributed by atoms with Gasteiger partial charge >= 0.3 is 0 Å². The summed E-state index contributed by atoms with van der Waals surface area (Å²) >= 11 is 1.29. The molecule has 0 bridgehead atoms. The minimum Gasteiger partial charge on any atom is -0.382 e. The number of aromatic nitrogens is 4. The summed E-state index contributed by atoms with van der Waals surface area (Å²) in [6.07, 6.45) is 1.36. The summed E-state index contributed by atoms with van der Waals surface area (Å²) in [4.78, 5) is 27.3. The minimum absolute atomic E-state index is 0.0942. The first-order chi connectivity index (χ1) is 11.0. The van der Waals surface area contributed by atoms with Crippen molar-refractivity contribution in [3.8, 4) is 0 Å². The van der Waals surface area contributed by atoms with E-state index >= 15 is 0 Å². The van der Waals surface area contributed by atoms with Gasteiger partial charge in [-0.1, -0.05) is 23.9 Å². The van der Waals surface area contributed by atoms with Gasteiger partial charge in [-0.2, -0.15) is 0 Å². The molecule has 0 aliphatic carbocycles. The van der Waals surface area contributed by atoms with Crippen LogP contribution in [-0.4, -0.2) is 31.6 Å². The Morgan fingerprint density at radius 2 is 2.17 bits per heavy atom. The highest BCUT2D eigenvalue weighted by atomic mass is 32.2. The van der Waals surface area contributed by atoms with Gasteiger partial charge in [-0.25, -0.2) is 15.0 Å². The molecule has 0 aliphatic heterocycles. The van der Waals surface area contributed by atoms with Crippen molar-refractivity contribution in [3.05, 3.63) is 35.7 Å². The lowest BCUT2D eigenvalue weighted by Gasteiger charge is -2.08. The first-order valence-electron chi connectivity index (χ1n) is 6.99. The first kappa shape index (κ1) is 15.3. The Balaban J connectivity index is 1.66. The topological polar surface area (TPSA) is 110 Å². The van der Waals surface area contributed by atoms with Crippen LogP contribution in [-0.2, 0) is 4.79 Å². The van der Waals surface area contributed by atoms with Crippen molar-refractivity contribution in [1.29, 1.82) is 0 Å². The molecule has 23 heavy (non-hydrogen) atoms. The van der Waals surface area contributed by atoms with Gasteiger partial charge in [-0.15, -0.1) is 0 Å². The van der Waals surface area contributed by atoms with Gasteiger partial charge in [0.05, 0.1) is 5.75 Å². The number of anilines is 2. The number of imidazole rings is 1. The molecule has 0 saturated carbocycles. The Hall–Kier alpha value is -2.61. The average Bonchev–Trinajstić information content (AvgIpc) is 2.94. The third-order valence-electron chi connectivity index (χ3n) is 3.30. The zero-order valence-electron chi connectivity index (χ0n) is 12.8. The quantitative estimate of drug-likeness (QED) is 0.634. The Kier molecular flexibility index (Phi) is 4.16. The van der Waals surface area contributed by atoms with Gasteiger partial charge in [0, 0.05) is 5.69 Å². The van der Waals surface area contributed by atoms with Gasteiger partial charge in [-0.05, 0) is 31.0 Å². The van der Waals surface area contributed by atoms with Crippen molar-refractivity contribution in [1.82, 2.24) is 19.9 Å². The lowest BCUT2D eigenvalue weighted by molar-refractivity contribution is -0.113.